The van der Waals surface area contributed by atoms with Crippen LogP contribution < -0.4 is 0 Å². The van der Waals surface area contributed by atoms with Gasteiger partial charge in [0.05, 0.1) is 22.3 Å². The summed E-state index contributed by atoms with van der Waals surface area (Å²) in [6.45, 7) is -3.64. The van der Waals surface area contributed by atoms with Gasteiger partial charge in [-0.2, -0.15) is 26.3 Å². The van der Waals surface area contributed by atoms with E-state index in [4.69, 9.17) is 0 Å². The van der Waals surface area contributed by atoms with Crippen molar-refractivity contribution in [3.63, 3.8) is 0 Å². The molecule has 2 aromatic rings. The van der Waals surface area contributed by atoms with Crippen molar-refractivity contribution >= 4 is 35.8 Å². The molecule has 0 unspecified atom stereocenters. The first kappa shape index (κ1) is 33.0. The van der Waals surface area contributed by atoms with Gasteiger partial charge in [-0.25, -0.2) is 28.8 Å². The van der Waals surface area contributed by atoms with E-state index in [1.807, 2.05) is 0 Å². The number of carboxylic acids is 2. The number of hydrogen-bond donors (Lipinski definition) is 2. The Labute approximate surface area is 229 Å². The first-order chi connectivity index (χ1) is 19.4. The highest BCUT2D eigenvalue weighted by Crippen LogP contribution is 2.27. The van der Waals surface area contributed by atoms with Gasteiger partial charge in [0.15, 0.2) is 0 Å². The lowest BCUT2D eigenvalue weighted by atomic mass is 9.96. The zero-order valence-corrected chi connectivity index (χ0v) is 20.5. The van der Waals surface area contributed by atoms with Crippen molar-refractivity contribution in [3.8, 4) is 11.1 Å². The van der Waals surface area contributed by atoms with E-state index in [0.717, 1.165) is 36.4 Å². The fourth-order valence-corrected chi connectivity index (χ4v) is 3.01. The second-order valence-corrected chi connectivity index (χ2v) is 7.67. The maximum atomic E-state index is 12.3. The Morgan fingerprint density at radius 2 is 0.833 bits per heavy atom. The lowest BCUT2D eigenvalue weighted by Crippen LogP contribution is -2.27. The van der Waals surface area contributed by atoms with Crippen LogP contribution in [0.2, 0.25) is 0 Å². The molecule has 0 spiro atoms. The zero-order chi connectivity index (χ0) is 31.8. The van der Waals surface area contributed by atoms with Gasteiger partial charge in [-0.05, 0) is 35.4 Å². The van der Waals surface area contributed by atoms with Gasteiger partial charge in [0, 0.05) is 0 Å². The van der Waals surface area contributed by atoms with Crippen LogP contribution in [0.4, 0.5) is 26.3 Å². The van der Waals surface area contributed by atoms with Crippen molar-refractivity contribution in [2.24, 2.45) is 0 Å². The maximum absolute atomic E-state index is 12.3. The van der Waals surface area contributed by atoms with Crippen LogP contribution in [-0.2, 0) is 28.5 Å². The molecule has 0 aliphatic carbocycles. The molecule has 0 aliphatic heterocycles. The Morgan fingerprint density at radius 3 is 1.12 bits per heavy atom. The summed E-state index contributed by atoms with van der Waals surface area (Å²) in [6, 6.07) is 6.07. The van der Waals surface area contributed by atoms with Crippen LogP contribution in [-0.4, -0.2) is 84.8 Å². The monoisotopic (exact) mass is 610 g/mol. The van der Waals surface area contributed by atoms with Crippen LogP contribution in [0.25, 0.3) is 11.1 Å². The number of hydrogen-bond acceptors (Lipinski definition) is 10. The summed E-state index contributed by atoms with van der Waals surface area (Å²) in [7, 11) is 0. The number of aromatic carboxylic acids is 2. The molecule has 12 nitrogen and oxygen atoms in total. The third-order valence-corrected chi connectivity index (χ3v) is 4.84. The third kappa shape index (κ3) is 8.93. The predicted molar refractivity (Wildman–Crippen MR) is 120 cm³/mol. The number of carbonyl (C=O) groups is 6. The van der Waals surface area contributed by atoms with Crippen LogP contribution in [0.1, 0.15) is 41.4 Å². The summed E-state index contributed by atoms with van der Waals surface area (Å²) in [6.07, 6.45) is -10.5. The van der Waals surface area contributed by atoms with Crippen molar-refractivity contribution in [2.75, 3.05) is 26.4 Å². The SMILES string of the molecule is O=C(O)c1cc(-c2ccc(C(=O)OCCOC(=O)C(F)(F)F)c(C(=O)O)c2)ccc1C(=O)OCCOC(=O)C(F)(F)F. The fraction of sp³-hybridized carbons (Fsp3) is 0.250. The lowest BCUT2D eigenvalue weighted by Gasteiger charge is -2.12. The topological polar surface area (TPSA) is 180 Å². The quantitative estimate of drug-likeness (QED) is 0.164. The molecule has 0 aromatic heterocycles. The average Bonchev–Trinajstić information content (AvgIpc) is 2.91. The van der Waals surface area contributed by atoms with Gasteiger partial charge in [-0.1, -0.05) is 12.1 Å². The van der Waals surface area contributed by atoms with Gasteiger partial charge in [-0.3, -0.25) is 0 Å². The molecule has 0 amide bonds. The molecule has 2 aromatic carbocycles. The van der Waals surface area contributed by atoms with Crippen molar-refractivity contribution in [2.45, 2.75) is 12.4 Å². The van der Waals surface area contributed by atoms with Gasteiger partial charge in [0.2, 0.25) is 0 Å². The first-order valence-electron chi connectivity index (χ1n) is 11.0. The summed E-state index contributed by atoms with van der Waals surface area (Å²) in [5.41, 5.74) is -2.41. The number of ether oxygens (including phenoxy) is 4. The second-order valence-electron chi connectivity index (χ2n) is 7.67. The van der Waals surface area contributed by atoms with E-state index >= 15 is 0 Å². The highest BCUT2D eigenvalue weighted by molar-refractivity contribution is 6.05. The van der Waals surface area contributed by atoms with E-state index < -0.39 is 96.8 Å². The van der Waals surface area contributed by atoms with Crippen molar-refractivity contribution < 1.29 is 84.3 Å². The highest BCUT2D eigenvalue weighted by Gasteiger charge is 2.41. The Morgan fingerprint density at radius 1 is 0.524 bits per heavy atom. The largest absolute Gasteiger partial charge is 0.490 e. The molecule has 2 N–H and O–H groups in total. The van der Waals surface area contributed by atoms with Crippen LogP contribution in [0, 0.1) is 0 Å². The van der Waals surface area contributed by atoms with Gasteiger partial charge in [0.25, 0.3) is 0 Å². The van der Waals surface area contributed by atoms with E-state index in [9.17, 15) is 65.3 Å². The molecule has 0 aliphatic rings. The molecule has 42 heavy (non-hydrogen) atoms. The van der Waals surface area contributed by atoms with E-state index in [2.05, 4.69) is 18.9 Å². The zero-order valence-electron chi connectivity index (χ0n) is 20.5. The molecule has 0 saturated heterocycles. The maximum Gasteiger partial charge on any atom is 0.490 e. The smallest absolute Gasteiger partial charge is 0.478 e. The third-order valence-electron chi connectivity index (χ3n) is 4.84. The van der Waals surface area contributed by atoms with Crippen molar-refractivity contribution in [1.29, 1.82) is 0 Å². The van der Waals surface area contributed by atoms with Crippen LogP contribution in [0.5, 0.6) is 0 Å². The minimum absolute atomic E-state index is 0.0181. The molecule has 0 saturated carbocycles. The Bertz CT molecular complexity index is 1290. The number of esters is 4. The molecule has 0 atom stereocenters. The molecule has 0 heterocycles. The summed E-state index contributed by atoms with van der Waals surface area (Å²) >= 11 is 0. The highest BCUT2D eigenvalue weighted by atomic mass is 19.4. The van der Waals surface area contributed by atoms with Crippen LogP contribution in [0.3, 0.4) is 0 Å². The summed E-state index contributed by atoms with van der Waals surface area (Å²) in [4.78, 5) is 69.3. The first-order valence-corrected chi connectivity index (χ1v) is 11.0. The molecule has 0 bridgehead atoms. The minimum atomic E-state index is -5.27. The van der Waals surface area contributed by atoms with Gasteiger partial charge >= 0.3 is 48.2 Å². The van der Waals surface area contributed by atoms with Crippen LogP contribution >= 0.6 is 0 Å². The Balaban J connectivity index is 2.19. The standard InChI is InChI=1S/C24H16F6O12/c25-23(26,27)21(37)41-7-5-39-19(35)13-3-1-11(9-15(13)17(31)32)12-2-4-14(16(10-12)18(33)34)20(36)40-6-8-42-22(38)24(28,29)30/h1-4,9-10H,5-8H2,(H,31,32)(H,33,34). The molecular weight excluding hydrogens is 594 g/mol. The summed E-state index contributed by atoms with van der Waals surface area (Å²) in [5, 5.41) is 19.0. The number of halogens is 6. The second kappa shape index (κ2) is 13.5. The van der Waals surface area contributed by atoms with E-state index in [1.54, 1.807) is 0 Å². The van der Waals surface area contributed by atoms with E-state index in [0.29, 0.717) is 0 Å². The summed E-state index contributed by atoms with van der Waals surface area (Å²) in [5.74, 6) is -11.0. The molecule has 0 radical (unpaired) electrons. The van der Waals surface area contributed by atoms with Crippen LogP contribution in [0.15, 0.2) is 36.4 Å². The van der Waals surface area contributed by atoms with Gasteiger partial charge < -0.3 is 29.2 Å². The normalized spacial score (nSPS) is 11.3. The number of benzene rings is 2. The summed E-state index contributed by atoms with van der Waals surface area (Å²) < 4.78 is 89.7. The minimum Gasteiger partial charge on any atom is -0.478 e. The molecular formula is C24H16F6O12. The number of alkyl halides is 6. The Hall–Kier alpha value is -5.16. The lowest BCUT2D eigenvalue weighted by molar-refractivity contribution is -0.200. The number of carboxylic acid groups (broad SMARTS) is 2. The van der Waals surface area contributed by atoms with Crippen molar-refractivity contribution in [1.82, 2.24) is 0 Å². The van der Waals surface area contributed by atoms with E-state index in [1.165, 1.54) is 0 Å². The predicted octanol–water partition coefficient (Wildman–Crippen LogP) is 3.27. The Kier molecular flexibility index (Phi) is 10.6. The van der Waals surface area contributed by atoms with Crippen molar-refractivity contribution in [3.05, 3.63) is 58.7 Å². The average molecular weight is 610 g/mol. The fourth-order valence-electron chi connectivity index (χ4n) is 3.01. The molecule has 0 fully saturated rings. The van der Waals surface area contributed by atoms with Gasteiger partial charge in [0.1, 0.15) is 26.4 Å². The number of rotatable bonds is 11. The van der Waals surface area contributed by atoms with E-state index in [-0.39, 0.29) is 11.1 Å². The van der Waals surface area contributed by atoms with Gasteiger partial charge in [-0.15, -0.1) is 0 Å². The number of carbonyl (C=O) groups excluding carboxylic acids is 4. The molecule has 2 rings (SSSR count). The molecule has 226 valence electrons. The molecule has 18 heteroatoms.